The Labute approximate surface area is 201 Å². The molecule has 2 unspecified atom stereocenters. The van der Waals surface area contributed by atoms with Crippen molar-refractivity contribution in [2.45, 2.75) is 62.8 Å². The molecule has 1 amide bonds. The molecule has 2 aromatic rings. The van der Waals surface area contributed by atoms with Gasteiger partial charge in [0, 0.05) is 10.6 Å². The Balaban J connectivity index is 1.44. The molecule has 2 atom stereocenters. The Hall–Kier alpha value is -2.05. The summed E-state index contributed by atoms with van der Waals surface area (Å²) < 4.78 is 28.3. The van der Waals surface area contributed by atoms with E-state index in [0.29, 0.717) is 16.6 Å². The van der Waals surface area contributed by atoms with Crippen LogP contribution >= 0.6 is 11.6 Å². The molecular formula is C26H31ClN2O3S. The largest absolute Gasteiger partial charge is 0.349 e. The number of amides is 1. The molecule has 33 heavy (non-hydrogen) atoms. The standard InChI is InChI=1S/C26H31ClN2O3S/c1-24-12-19-13-25(2,16-24)18-26(14-19,17-24)28-23(30)15-29(21-8-6-7-20(27)11-21)33(31,32)22-9-4-3-5-10-22/h3-11,19H,12-18H2,1-2H3,(H,28,30). The van der Waals surface area contributed by atoms with Crippen LogP contribution in [-0.4, -0.2) is 26.4 Å². The first kappa shape index (κ1) is 22.7. The fourth-order valence-electron chi connectivity index (χ4n) is 7.72. The Bertz CT molecular complexity index is 1170. The molecule has 0 radical (unpaired) electrons. The van der Waals surface area contributed by atoms with Crippen LogP contribution < -0.4 is 9.62 Å². The fourth-order valence-corrected chi connectivity index (χ4v) is 9.34. The maximum atomic E-state index is 13.5. The molecular weight excluding hydrogens is 456 g/mol. The van der Waals surface area contributed by atoms with Crippen LogP contribution in [0.5, 0.6) is 0 Å². The summed E-state index contributed by atoms with van der Waals surface area (Å²) in [4.78, 5) is 13.6. The van der Waals surface area contributed by atoms with Gasteiger partial charge >= 0.3 is 0 Å². The molecule has 2 aromatic carbocycles. The van der Waals surface area contributed by atoms with Gasteiger partial charge in [0.2, 0.25) is 5.91 Å². The number of nitrogens with zero attached hydrogens (tertiary/aromatic N) is 1. The van der Waals surface area contributed by atoms with Gasteiger partial charge in [-0.05, 0) is 85.6 Å². The molecule has 4 aliphatic rings. The predicted octanol–water partition coefficient (Wildman–Crippen LogP) is 5.40. The lowest BCUT2D eigenvalue weighted by molar-refractivity contribution is -0.138. The van der Waals surface area contributed by atoms with Gasteiger partial charge in [-0.25, -0.2) is 8.42 Å². The number of carbonyl (C=O) groups is 1. The van der Waals surface area contributed by atoms with E-state index in [-0.39, 0.29) is 33.7 Å². The summed E-state index contributed by atoms with van der Waals surface area (Å²) in [6.07, 6.45) is 6.62. The van der Waals surface area contributed by atoms with E-state index in [1.807, 2.05) is 0 Å². The lowest BCUT2D eigenvalue weighted by Crippen LogP contribution is -2.65. The second kappa shape index (κ2) is 7.74. The first-order valence-electron chi connectivity index (χ1n) is 11.6. The van der Waals surface area contributed by atoms with Crippen molar-refractivity contribution in [1.29, 1.82) is 0 Å². The van der Waals surface area contributed by atoms with Crippen LogP contribution in [0.2, 0.25) is 5.02 Å². The minimum atomic E-state index is -3.94. The SMILES string of the molecule is CC12CC3CC(C)(C1)CC(NC(=O)CN(c1cccc(Cl)c1)S(=O)(=O)c1ccccc1)(C3)C2. The van der Waals surface area contributed by atoms with E-state index < -0.39 is 10.0 Å². The van der Waals surface area contributed by atoms with Crippen LogP contribution in [0.1, 0.15) is 52.4 Å². The van der Waals surface area contributed by atoms with Crippen molar-refractivity contribution in [3.63, 3.8) is 0 Å². The van der Waals surface area contributed by atoms with E-state index >= 15 is 0 Å². The summed E-state index contributed by atoms with van der Waals surface area (Å²) in [5.41, 5.74) is 0.649. The van der Waals surface area contributed by atoms with Crippen molar-refractivity contribution in [3.05, 3.63) is 59.6 Å². The number of halogens is 1. The Morgan fingerprint density at radius 1 is 1.00 bits per heavy atom. The maximum absolute atomic E-state index is 13.5. The van der Waals surface area contributed by atoms with Gasteiger partial charge < -0.3 is 5.32 Å². The lowest BCUT2D eigenvalue weighted by Gasteiger charge is -2.65. The molecule has 4 bridgehead atoms. The monoisotopic (exact) mass is 486 g/mol. The van der Waals surface area contributed by atoms with Crippen LogP contribution in [0.25, 0.3) is 0 Å². The van der Waals surface area contributed by atoms with Gasteiger partial charge in [-0.2, -0.15) is 0 Å². The summed E-state index contributed by atoms with van der Waals surface area (Å²) >= 11 is 6.17. The quantitative estimate of drug-likeness (QED) is 0.594. The van der Waals surface area contributed by atoms with Crippen molar-refractivity contribution >= 4 is 33.2 Å². The van der Waals surface area contributed by atoms with Crippen molar-refractivity contribution < 1.29 is 13.2 Å². The van der Waals surface area contributed by atoms with E-state index in [0.717, 1.165) is 19.3 Å². The average molecular weight is 487 g/mol. The molecule has 1 N–H and O–H groups in total. The number of anilines is 1. The summed E-state index contributed by atoms with van der Waals surface area (Å²) in [6.45, 7) is 4.43. The Morgan fingerprint density at radius 3 is 2.27 bits per heavy atom. The maximum Gasteiger partial charge on any atom is 0.264 e. The molecule has 7 heteroatoms. The lowest BCUT2D eigenvalue weighted by atomic mass is 9.43. The van der Waals surface area contributed by atoms with Crippen LogP contribution in [0.15, 0.2) is 59.5 Å². The van der Waals surface area contributed by atoms with Crippen molar-refractivity contribution in [3.8, 4) is 0 Å². The number of nitrogens with one attached hydrogen (secondary N) is 1. The molecule has 6 rings (SSSR count). The highest BCUT2D eigenvalue weighted by Gasteiger charge is 2.60. The van der Waals surface area contributed by atoms with E-state index in [2.05, 4.69) is 19.2 Å². The highest BCUT2D eigenvalue weighted by molar-refractivity contribution is 7.92. The summed E-state index contributed by atoms with van der Waals surface area (Å²) in [6, 6.07) is 14.9. The number of benzene rings is 2. The second-order valence-electron chi connectivity index (χ2n) is 11.3. The van der Waals surface area contributed by atoms with Gasteiger partial charge in [0.25, 0.3) is 10.0 Å². The van der Waals surface area contributed by atoms with Crippen LogP contribution in [0.3, 0.4) is 0 Å². The van der Waals surface area contributed by atoms with Gasteiger partial charge in [0.05, 0.1) is 10.6 Å². The zero-order chi connectivity index (χ0) is 23.5. The Kier molecular flexibility index (Phi) is 5.33. The summed E-state index contributed by atoms with van der Waals surface area (Å²) in [7, 11) is -3.94. The normalized spacial score (nSPS) is 32.5. The van der Waals surface area contributed by atoms with Gasteiger partial charge in [0.15, 0.2) is 0 Å². The number of carbonyl (C=O) groups excluding carboxylic acids is 1. The minimum Gasteiger partial charge on any atom is -0.349 e. The molecule has 4 aliphatic carbocycles. The smallest absolute Gasteiger partial charge is 0.264 e. The highest BCUT2D eigenvalue weighted by Crippen LogP contribution is 2.66. The van der Waals surface area contributed by atoms with E-state index in [4.69, 9.17) is 11.6 Å². The predicted molar refractivity (Wildman–Crippen MR) is 131 cm³/mol. The molecule has 0 saturated heterocycles. The van der Waals surface area contributed by atoms with Crippen molar-refractivity contribution in [2.24, 2.45) is 16.7 Å². The second-order valence-corrected chi connectivity index (χ2v) is 13.6. The topological polar surface area (TPSA) is 66.5 Å². The van der Waals surface area contributed by atoms with Gasteiger partial charge in [-0.3, -0.25) is 9.10 Å². The number of sulfonamides is 1. The van der Waals surface area contributed by atoms with E-state index in [1.54, 1.807) is 54.6 Å². The third-order valence-corrected chi connectivity index (χ3v) is 9.77. The van der Waals surface area contributed by atoms with Crippen molar-refractivity contribution in [2.75, 3.05) is 10.8 Å². The third kappa shape index (κ3) is 4.28. The summed E-state index contributed by atoms with van der Waals surface area (Å²) in [5.74, 6) is 0.372. The van der Waals surface area contributed by atoms with E-state index in [9.17, 15) is 13.2 Å². The fraction of sp³-hybridized carbons (Fsp3) is 0.500. The van der Waals surface area contributed by atoms with Crippen LogP contribution in [0, 0.1) is 16.7 Å². The molecule has 176 valence electrons. The average Bonchev–Trinajstić information content (AvgIpc) is 2.69. The molecule has 4 saturated carbocycles. The minimum absolute atomic E-state index is 0.146. The molecule has 4 fully saturated rings. The molecule has 0 aromatic heterocycles. The third-order valence-electron chi connectivity index (χ3n) is 7.75. The Morgan fingerprint density at radius 2 is 1.67 bits per heavy atom. The summed E-state index contributed by atoms with van der Waals surface area (Å²) in [5, 5.41) is 3.75. The van der Waals surface area contributed by atoms with Gasteiger partial charge in [0.1, 0.15) is 6.54 Å². The molecule has 0 aliphatic heterocycles. The van der Waals surface area contributed by atoms with E-state index in [1.165, 1.54) is 23.6 Å². The first-order chi connectivity index (χ1) is 15.5. The van der Waals surface area contributed by atoms with Crippen molar-refractivity contribution in [1.82, 2.24) is 5.32 Å². The van der Waals surface area contributed by atoms with Crippen LogP contribution in [-0.2, 0) is 14.8 Å². The van der Waals surface area contributed by atoms with Crippen LogP contribution in [0.4, 0.5) is 5.69 Å². The molecule has 0 heterocycles. The highest BCUT2D eigenvalue weighted by atomic mass is 35.5. The molecule has 5 nitrogen and oxygen atoms in total. The first-order valence-corrected chi connectivity index (χ1v) is 13.5. The number of hydrogen-bond acceptors (Lipinski definition) is 3. The zero-order valence-electron chi connectivity index (χ0n) is 19.2. The number of rotatable bonds is 6. The van der Waals surface area contributed by atoms with Gasteiger partial charge in [-0.1, -0.05) is 49.7 Å². The zero-order valence-corrected chi connectivity index (χ0v) is 20.8. The molecule has 0 spiro atoms. The van der Waals surface area contributed by atoms with Gasteiger partial charge in [-0.15, -0.1) is 0 Å². The number of hydrogen-bond donors (Lipinski definition) is 1.